The zero-order valence-corrected chi connectivity index (χ0v) is 19.2. The Balaban J connectivity index is 1.49. The van der Waals surface area contributed by atoms with Crippen LogP contribution in [0.5, 0.6) is 0 Å². The van der Waals surface area contributed by atoms with Crippen LogP contribution in [0.4, 0.5) is 4.79 Å². The number of ether oxygens (including phenoxy) is 1. The lowest BCUT2D eigenvalue weighted by molar-refractivity contribution is -0.123. The van der Waals surface area contributed by atoms with Crippen molar-refractivity contribution < 1.29 is 14.3 Å². The fourth-order valence-electron chi connectivity index (χ4n) is 3.49. The largest absolute Gasteiger partial charge is 0.444 e. The average Bonchev–Trinajstić information content (AvgIpc) is 3.20. The first-order valence-corrected chi connectivity index (χ1v) is 10.9. The summed E-state index contributed by atoms with van der Waals surface area (Å²) in [5.41, 5.74) is 5.92. The molecule has 2 aromatic heterocycles. The molecule has 0 spiro atoms. The van der Waals surface area contributed by atoms with Crippen molar-refractivity contribution in [1.29, 1.82) is 0 Å². The molecule has 0 bridgehead atoms. The number of carbonyl (C=O) groups excluding carboxylic acids is 2. The molecule has 0 saturated carbocycles. The summed E-state index contributed by atoms with van der Waals surface area (Å²) in [7, 11) is 0. The van der Waals surface area contributed by atoms with Crippen LogP contribution >= 0.6 is 0 Å². The molecule has 2 heterocycles. The molecule has 174 valence electrons. The van der Waals surface area contributed by atoms with E-state index >= 15 is 0 Å². The van der Waals surface area contributed by atoms with Gasteiger partial charge in [0.15, 0.2) is 0 Å². The maximum Gasteiger partial charge on any atom is 0.408 e. The molecule has 4 aromatic rings. The van der Waals surface area contributed by atoms with Gasteiger partial charge in [0.25, 0.3) is 5.91 Å². The number of benzene rings is 2. The van der Waals surface area contributed by atoms with Crippen molar-refractivity contribution in [2.45, 2.75) is 38.8 Å². The second-order valence-corrected chi connectivity index (χ2v) is 8.80. The SMILES string of the molecule is CC(C)(C)OC(=O)N[C@H](Cc1c[nH]c2ccccc12)C(=O)N/N=C/c1ccc2nccnc2c1. The topological polar surface area (TPSA) is 121 Å². The predicted octanol–water partition coefficient (Wildman–Crippen LogP) is 3.70. The van der Waals surface area contributed by atoms with Crippen molar-refractivity contribution in [2.24, 2.45) is 5.10 Å². The smallest absolute Gasteiger partial charge is 0.408 e. The lowest BCUT2D eigenvalue weighted by atomic mass is 10.0. The van der Waals surface area contributed by atoms with Gasteiger partial charge in [-0.2, -0.15) is 5.10 Å². The molecule has 2 aromatic carbocycles. The molecule has 9 nitrogen and oxygen atoms in total. The van der Waals surface area contributed by atoms with Crippen molar-refractivity contribution >= 4 is 40.2 Å². The van der Waals surface area contributed by atoms with Crippen LogP contribution in [0.1, 0.15) is 31.9 Å². The van der Waals surface area contributed by atoms with Crippen LogP contribution in [0, 0.1) is 0 Å². The molecule has 0 fully saturated rings. The first-order chi connectivity index (χ1) is 16.3. The summed E-state index contributed by atoms with van der Waals surface area (Å²) in [4.78, 5) is 37.1. The second kappa shape index (κ2) is 9.70. The van der Waals surface area contributed by atoms with Gasteiger partial charge in [-0.3, -0.25) is 14.8 Å². The van der Waals surface area contributed by atoms with Crippen LogP contribution in [0.25, 0.3) is 21.9 Å². The first-order valence-electron chi connectivity index (χ1n) is 10.9. The number of nitrogens with zero attached hydrogens (tertiary/aromatic N) is 3. The van der Waals surface area contributed by atoms with E-state index < -0.39 is 23.6 Å². The molecule has 4 rings (SSSR count). The highest BCUT2D eigenvalue weighted by atomic mass is 16.6. The van der Waals surface area contributed by atoms with Gasteiger partial charge in [0, 0.05) is 35.9 Å². The molecule has 0 radical (unpaired) electrons. The van der Waals surface area contributed by atoms with Gasteiger partial charge in [0.05, 0.1) is 17.2 Å². The number of hydrazone groups is 1. The summed E-state index contributed by atoms with van der Waals surface area (Å²) in [6.07, 6.45) is 6.17. The van der Waals surface area contributed by atoms with E-state index in [-0.39, 0.29) is 6.42 Å². The van der Waals surface area contributed by atoms with Crippen LogP contribution in [-0.2, 0) is 16.0 Å². The van der Waals surface area contributed by atoms with E-state index in [1.165, 1.54) is 6.21 Å². The highest BCUT2D eigenvalue weighted by molar-refractivity contribution is 5.90. The molecule has 34 heavy (non-hydrogen) atoms. The molecule has 3 N–H and O–H groups in total. The van der Waals surface area contributed by atoms with Crippen molar-refractivity contribution in [1.82, 2.24) is 25.7 Å². The Bertz CT molecular complexity index is 1360. The van der Waals surface area contributed by atoms with E-state index in [9.17, 15) is 9.59 Å². The summed E-state index contributed by atoms with van der Waals surface area (Å²) in [5, 5.41) is 7.72. The average molecular weight is 459 g/mol. The molecular formula is C25H26N6O3. The van der Waals surface area contributed by atoms with E-state index in [1.807, 2.05) is 48.7 Å². The Hall–Kier alpha value is -4.27. The molecule has 9 heteroatoms. The standard InChI is InChI=1S/C25H26N6O3/c1-25(2,3)34-24(33)30-22(13-17-15-28-19-7-5-4-6-18(17)19)23(32)31-29-14-16-8-9-20-21(12-16)27-11-10-26-20/h4-12,14-15,22,28H,13H2,1-3H3,(H,30,33)(H,31,32)/b29-14+/t22-/m1/s1. The third-order valence-electron chi connectivity index (χ3n) is 4.99. The number of fused-ring (bicyclic) bond motifs is 2. The van der Waals surface area contributed by atoms with Gasteiger partial charge >= 0.3 is 6.09 Å². The van der Waals surface area contributed by atoms with Gasteiger partial charge in [0.1, 0.15) is 11.6 Å². The Morgan fingerprint density at radius 2 is 1.88 bits per heavy atom. The Kier molecular flexibility index (Phi) is 6.53. The summed E-state index contributed by atoms with van der Waals surface area (Å²) >= 11 is 0. The number of para-hydroxylation sites is 1. The number of H-pyrrole nitrogens is 1. The van der Waals surface area contributed by atoms with Gasteiger partial charge in [-0.15, -0.1) is 0 Å². The summed E-state index contributed by atoms with van der Waals surface area (Å²) in [6.45, 7) is 5.29. The van der Waals surface area contributed by atoms with Crippen LogP contribution in [0.2, 0.25) is 0 Å². The molecule has 1 atom stereocenters. The number of alkyl carbamates (subject to hydrolysis) is 1. The number of hydrogen-bond donors (Lipinski definition) is 3. The summed E-state index contributed by atoms with van der Waals surface area (Å²) < 4.78 is 5.35. The fourth-order valence-corrected chi connectivity index (χ4v) is 3.49. The quantitative estimate of drug-likeness (QED) is 0.300. The fraction of sp³-hybridized carbons (Fsp3) is 0.240. The summed E-state index contributed by atoms with van der Waals surface area (Å²) in [6, 6.07) is 12.4. The number of rotatable bonds is 6. The number of nitrogens with one attached hydrogen (secondary N) is 3. The van der Waals surface area contributed by atoms with Crippen LogP contribution in [-0.4, -0.2) is 44.8 Å². The molecule has 0 saturated heterocycles. The number of amides is 2. The number of hydrogen-bond acceptors (Lipinski definition) is 6. The van der Waals surface area contributed by atoms with E-state index in [0.717, 1.165) is 33.1 Å². The summed E-state index contributed by atoms with van der Waals surface area (Å²) in [5.74, 6) is -0.465. The highest BCUT2D eigenvalue weighted by Gasteiger charge is 2.25. The predicted molar refractivity (Wildman–Crippen MR) is 130 cm³/mol. The lowest BCUT2D eigenvalue weighted by Gasteiger charge is -2.22. The Morgan fingerprint density at radius 3 is 2.68 bits per heavy atom. The van der Waals surface area contributed by atoms with E-state index in [4.69, 9.17) is 4.74 Å². The van der Waals surface area contributed by atoms with Gasteiger partial charge in [-0.05, 0) is 50.1 Å². The third-order valence-corrected chi connectivity index (χ3v) is 4.99. The second-order valence-electron chi connectivity index (χ2n) is 8.80. The van der Waals surface area contributed by atoms with Crippen molar-refractivity contribution in [3.05, 3.63) is 72.2 Å². The van der Waals surface area contributed by atoms with Crippen LogP contribution in [0.3, 0.4) is 0 Å². The lowest BCUT2D eigenvalue weighted by Crippen LogP contribution is -2.48. The molecule has 0 aliphatic heterocycles. The van der Waals surface area contributed by atoms with E-state index in [1.54, 1.807) is 33.2 Å². The minimum Gasteiger partial charge on any atom is -0.444 e. The van der Waals surface area contributed by atoms with Crippen LogP contribution < -0.4 is 10.7 Å². The normalized spacial score (nSPS) is 12.7. The number of aromatic amines is 1. The maximum absolute atomic E-state index is 13.0. The van der Waals surface area contributed by atoms with Gasteiger partial charge in [-0.1, -0.05) is 24.3 Å². The van der Waals surface area contributed by atoms with Crippen molar-refractivity contribution in [3.63, 3.8) is 0 Å². The van der Waals surface area contributed by atoms with Crippen LogP contribution in [0.15, 0.2) is 66.2 Å². The maximum atomic E-state index is 13.0. The third kappa shape index (κ3) is 5.74. The Morgan fingerprint density at radius 1 is 1.12 bits per heavy atom. The first kappa shape index (κ1) is 22.9. The molecule has 0 aliphatic carbocycles. The number of aromatic nitrogens is 3. The van der Waals surface area contributed by atoms with Crippen molar-refractivity contribution in [2.75, 3.05) is 0 Å². The Labute approximate surface area is 196 Å². The molecular weight excluding hydrogens is 432 g/mol. The zero-order chi connectivity index (χ0) is 24.1. The van der Waals surface area contributed by atoms with E-state index in [2.05, 4.69) is 30.8 Å². The van der Waals surface area contributed by atoms with Crippen molar-refractivity contribution in [3.8, 4) is 0 Å². The minimum absolute atomic E-state index is 0.260. The van der Waals surface area contributed by atoms with Gasteiger partial charge in [0.2, 0.25) is 0 Å². The number of carbonyl (C=O) groups is 2. The van der Waals surface area contributed by atoms with Gasteiger partial charge in [-0.25, -0.2) is 10.2 Å². The molecule has 0 unspecified atom stereocenters. The van der Waals surface area contributed by atoms with Gasteiger partial charge < -0.3 is 15.0 Å². The zero-order valence-electron chi connectivity index (χ0n) is 19.2. The minimum atomic E-state index is -0.895. The highest BCUT2D eigenvalue weighted by Crippen LogP contribution is 2.19. The molecule has 0 aliphatic rings. The molecule has 2 amide bonds. The monoisotopic (exact) mass is 458 g/mol. The van der Waals surface area contributed by atoms with E-state index in [0.29, 0.717) is 0 Å².